The molecule has 14 heavy (non-hydrogen) atoms. The van der Waals surface area contributed by atoms with Gasteiger partial charge in [-0.05, 0) is 17.5 Å². The van der Waals surface area contributed by atoms with E-state index >= 15 is 0 Å². The number of halogens is 1. The minimum absolute atomic E-state index is 0.137. The van der Waals surface area contributed by atoms with Crippen LogP contribution in [-0.4, -0.2) is 12.1 Å². The first-order valence-electron chi connectivity index (χ1n) is 4.07. The van der Waals surface area contributed by atoms with Crippen LogP contribution in [0.5, 0.6) is 5.75 Å². The van der Waals surface area contributed by atoms with E-state index in [4.69, 9.17) is 16.3 Å². The number of H-pyrrole nitrogens is 1. The lowest BCUT2D eigenvalue weighted by Gasteiger charge is -2.04. The Bertz CT molecular complexity index is 533. The first-order chi connectivity index (χ1) is 6.70. The van der Waals surface area contributed by atoms with E-state index in [1.165, 1.54) is 13.2 Å². The summed E-state index contributed by atoms with van der Waals surface area (Å²) >= 11 is 5.93. The van der Waals surface area contributed by atoms with Crippen molar-refractivity contribution in [1.29, 1.82) is 0 Å². The summed E-state index contributed by atoms with van der Waals surface area (Å²) in [5.74, 6) is 0.556. The van der Waals surface area contributed by atoms with Gasteiger partial charge >= 0.3 is 0 Å². The maximum atomic E-state index is 11.0. The van der Waals surface area contributed by atoms with Crippen LogP contribution in [0.25, 0.3) is 10.9 Å². The summed E-state index contributed by atoms with van der Waals surface area (Å²) in [7, 11) is 1.54. The summed E-state index contributed by atoms with van der Waals surface area (Å²) in [5, 5.41) is 1.42. The molecule has 0 aliphatic heterocycles. The average Bonchev–Trinajstić information content (AvgIpc) is 2.17. The highest BCUT2D eigenvalue weighted by atomic mass is 35.5. The molecule has 3 nitrogen and oxygen atoms in total. The number of rotatable bonds is 1. The number of aromatic nitrogens is 1. The number of nitrogens with one attached hydrogen (secondary N) is 1. The number of methoxy groups -OCH3 is 1. The number of hydrogen-bond acceptors (Lipinski definition) is 2. The van der Waals surface area contributed by atoms with Gasteiger partial charge in [0.2, 0.25) is 5.56 Å². The van der Waals surface area contributed by atoms with Gasteiger partial charge in [0.1, 0.15) is 5.75 Å². The number of benzene rings is 1. The summed E-state index contributed by atoms with van der Waals surface area (Å²) in [4.78, 5) is 13.7. The summed E-state index contributed by atoms with van der Waals surface area (Å²) in [6, 6.07) is 6.65. The van der Waals surface area contributed by atoms with Crippen LogP contribution < -0.4 is 10.3 Å². The Balaban J connectivity index is 2.80. The van der Waals surface area contributed by atoms with Gasteiger partial charge in [-0.2, -0.15) is 0 Å². The lowest BCUT2D eigenvalue weighted by atomic mass is 10.2. The van der Waals surface area contributed by atoms with Crippen molar-refractivity contribution < 1.29 is 4.74 Å². The van der Waals surface area contributed by atoms with E-state index in [2.05, 4.69) is 4.98 Å². The Kier molecular flexibility index (Phi) is 2.17. The minimum Gasteiger partial charge on any atom is -0.495 e. The number of hydrogen-bond donors (Lipinski definition) is 1. The maximum absolute atomic E-state index is 11.0. The average molecular weight is 210 g/mol. The van der Waals surface area contributed by atoms with E-state index in [1.54, 1.807) is 18.2 Å². The SMILES string of the molecule is COc1cc2[nH]c(=O)ccc2cc1Cl. The van der Waals surface area contributed by atoms with E-state index < -0.39 is 0 Å². The molecule has 0 fully saturated rings. The second-order valence-electron chi connectivity index (χ2n) is 2.90. The van der Waals surface area contributed by atoms with E-state index in [9.17, 15) is 4.79 Å². The fraction of sp³-hybridized carbons (Fsp3) is 0.100. The van der Waals surface area contributed by atoms with Gasteiger partial charge in [0.05, 0.1) is 17.6 Å². The maximum Gasteiger partial charge on any atom is 0.248 e. The van der Waals surface area contributed by atoms with Crippen LogP contribution in [0.1, 0.15) is 0 Å². The van der Waals surface area contributed by atoms with Gasteiger partial charge in [-0.3, -0.25) is 4.79 Å². The number of pyridine rings is 1. The van der Waals surface area contributed by atoms with Gasteiger partial charge in [-0.25, -0.2) is 0 Å². The van der Waals surface area contributed by atoms with Crippen LogP contribution in [0.4, 0.5) is 0 Å². The molecule has 0 bridgehead atoms. The summed E-state index contributed by atoms with van der Waals surface area (Å²) in [6.07, 6.45) is 0. The Morgan fingerprint density at radius 3 is 2.86 bits per heavy atom. The molecule has 0 amide bonds. The van der Waals surface area contributed by atoms with Gasteiger partial charge in [0.15, 0.2) is 0 Å². The third kappa shape index (κ3) is 1.46. The molecule has 2 rings (SSSR count). The molecule has 4 heteroatoms. The Morgan fingerprint density at radius 1 is 1.36 bits per heavy atom. The van der Waals surface area contributed by atoms with E-state index in [0.29, 0.717) is 10.8 Å². The Morgan fingerprint density at radius 2 is 2.14 bits per heavy atom. The molecular weight excluding hydrogens is 202 g/mol. The molecule has 1 heterocycles. The lowest BCUT2D eigenvalue weighted by Crippen LogP contribution is -2.02. The second-order valence-corrected chi connectivity index (χ2v) is 3.30. The van der Waals surface area contributed by atoms with Crippen LogP contribution >= 0.6 is 11.6 Å². The van der Waals surface area contributed by atoms with Crippen molar-refractivity contribution in [2.75, 3.05) is 7.11 Å². The fourth-order valence-electron chi connectivity index (χ4n) is 1.31. The van der Waals surface area contributed by atoms with Gasteiger partial charge in [0.25, 0.3) is 0 Å². The molecule has 1 aromatic heterocycles. The van der Waals surface area contributed by atoms with Crippen LogP contribution in [0, 0.1) is 0 Å². The fourth-order valence-corrected chi connectivity index (χ4v) is 1.56. The third-order valence-corrected chi connectivity index (χ3v) is 2.29. The van der Waals surface area contributed by atoms with Crippen molar-refractivity contribution in [3.05, 3.63) is 39.6 Å². The number of aromatic amines is 1. The van der Waals surface area contributed by atoms with Gasteiger partial charge in [0, 0.05) is 12.1 Å². The topological polar surface area (TPSA) is 42.1 Å². The van der Waals surface area contributed by atoms with E-state index in [1.807, 2.05) is 0 Å². The largest absolute Gasteiger partial charge is 0.495 e. The molecule has 0 aliphatic carbocycles. The molecule has 0 radical (unpaired) electrons. The molecule has 1 N–H and O–H groups in total. The lowest BCUT2D eigenvalue weighted by molar-refractivity contribution is 0.415. The molecule has 0 aliphatic rings. The zero-order chi connectivity index (χ0) is 10.1. The van der Waals surface area contributed by atoms with E-state index in [-0.39, 0.29) is 5.56 Å². The minimum atomic E-state index is -0.137. The number of ether oxygens (including phenoxy) is 1. The molecule has 0 saturated heterocycles. The highest BCUT2D eigenvalue weighted by Crippen LogP contribution is 2.27. The van der Waals surface area contributed by atoms with Crippen molar-refractivity contribution >= 4 is 22.5 Å². The number of fused-ring (bicyclic) bond motifs is 1. The quantitative estimate of drug-likeness (QED) is 0.782. The Hall–Kier alpha value is -1.48. The first kappa shape index (κ1) is 9.09. The van der Waals surface area contributed by atoms with Crippen molar-refractivity contribution in [3.8, 4) is 5.75 Å². The molecule has 0 spiro atoms. The molecular formula is C10H8ClNO2. The molecule has 0 atom stereocenters. The predicted octanol–water partition coefficient (Wildman–Crippen LogP) is 2.19. The summed E-state index contributed by atoms with van der Waals surface area (Å²) in [5.41, 5.74) is 0.584. The van der Waals surface area contributed by atoms with Gasteiger partial charge in [-0.1, -0.05) is 11.6 Å². The highest BCUT2D eigenvalue weighted by molar-refractivity contribution is 6.32. The van der Waals surface area contributed by atoms with E-state index in [0.717, 1.165) is 10.9 Å². The molecule has 72 valence electrons. The monoisotopic (exact) mass is 209 g/mol. The smallest absolute Gasteiger partial charge is 0.248 e. The molecule has 0 unspecified atom stereocenters. The van der Waals surface area contributed by atoms with Crippen LogP contribution in [0.2, 0.25) is 5.02 Å². The first-order valence-corrected chi connectivity index (χ1v) is 4.45. The Labute approximate surface area is 85.3 Å². The van der Waals surface area contributed by atoms with Crippen molar-refractivity contribution in [1.82, 2.24) is 4.98 Å². The summed E-state index contributed by atoms with van der Waals surface area (Å²) in [6.45, 7) is 0. The zero-order valence-electron chi connectivity index (χ0n) is 7.50. The van der Waals surface area contributed by atoms with Crippen LogP contribution in [-0.2, 0) is 0 Å². The van der Waals surface area contributed by atoms with Crippen molar-refractivity contribution in [2.24, 2.45) is 0 Å². The molecule has 2 aromatic rings. The van der Waals surface area contributed by atoms with Crippen molar-refractivity contribution in [3.63, 3.8) is 0 Å². The van der Waals surface area contributed by atoms with Crippen LogP contribution in [0.3, 0.4) is 0 Å². The van der Waals surface area contributed by atoms with Gasteiger partial charge in [-0.15, -0.1) is 0 Å². The second kappa shape index (κ2) is 3.35. The normalized spacial score (nSPS) is 10.4. The third-order valence-electron chi connectivity index (χ3n) is 2.00. The molecule has 1 aromatic carbocycles. The van der Waals surface area contributed by atoms with Crippen LogP contribution in [0.15, 0.2) is 29.1 Å². The highest BCUT2D eigenvalue weighted by Gasteiger charge is 2.03. The standard InChI is InChI=1S/C10H8ClNO2/c1-14-9-5-8-6(4-7(9)11)2-3-10(13)12-8/h2-5H,1H3,(H,12,13). The van der Waals surface area contributed by atoms with Gasteiger partial charge < -0.3 is 9.72 Å². The summed E-state index contributed by atoms with van der Waals surface area (Å²) < 4.78 is 5.04. The molecule has 0 saturated carbocycles. The predicted molar refractivity (Wildman–Crippen MR) is 56.1 cm³/mol. The zero-order valence-corrected chi connectivity index (χ0v) is 8.26. The van der Waals surface area contributed by atoms with Crippen molar-refractivity contribution in [2.45, 2.75) is 0 Å².